The Morgan fingerprint density at radius 1 is 0.562 bits per heavy atom. The highest BCUT2D eigenvalue weighted by molar-refractivity contribution is 5.71. The monoisotopic (exact) mass is 674 g/mol. The topological polar surface area (TPSA) is 18.5 Å². The summed E-state index contributed by atoms with van der Waals surface area (Å²) < 4.78 is 139. The van der Waals surface area contributed by atoms with Crippen molar-refractivity contribution in [2.75, 3.05) is 0 Å². The van der Waals surface area contributed by atoms with E-state index in [9.17, 15) is 35.1 Å². The van der Waals surface area contributed by atoms with Gasteiger partial charge >= 0.3 is 6.11 Å². The van der Waals surface area contributed by atoms with Gasteiger partial charge in [-0.15, -0.1) is 0 Å². The molecule has 0 saturated carbocycles. The minimum absolute atomic E-state index is 0.0399. The van der Waals surface area contributed by atoms with Crippen LogP contribution in [0.3, 0.4) is 0 Å². The highest BCUT2D eigenvalue weighted by atomic mass is 19.3. The molecule has 5 aromatic rings. The number of rotatable bonds is 12. The predicted octanol–water partition coefficient (Wildman–Crippen LogP) is 11.4. The van der Waals surface area contributed by atoms with E-state index in [2.05, 4.69) is 11.7 Å². The van der Waals surface area contributed by atoms with Crippen molar-refractivity contribution in [1.82, 2.24) is 0 Å². The fourth-order valence-corrected chi connectivity index (χ4v) is 5.07. The fourth-order valence-electron chi connectivity index (χ4n) is 5.07. The van der Waals surface area contributed by atoms with Gasteiger partial charge in [0, 0.05) is 17.7 Å². The molecule has 0 fully saturated rings. The third kappa shape index (κ3) is 7.78. The van der Waals surface area contributed by atoms with E-state index in [1.165, 1.54) is 12.1 Å². The van der Waals surface area contributed by atoms with Crippen molar-refractivity contribution in [1.29, 1.82) is 0 Å². The lowest BCUT2D eigenvalue weighted by molar-refractivity contribution is -0.187. The van der Waals surface area contributed by atoms with E-state index in [1.54, 1.807) is 6.07 Å². The molecule has 0 radical (unpaired) electrons. The molecular formula is C37H27F9O2. The SMILES string of the molecule is CCCCCc1ccc(-c2ccc(-c3ccc(C(F)(F)Oc4cc(F)c(OCc5cc(F)c(F)c(F)c5)c(F)c4)c(F)c3)c(F)c2)cc1. The molecule has 5 aromatic carbocycles. The molecule has 0 N–H and O–H groups in total. The standard InChI is InChI=1S/C37H27F9O2/c1-2-3-4-5-21-6-8-23(9-7-21)24-10-12-27(29(38)16-24)25-11-13-28(30(39)17-25)37(45,46)48-26-18-33(42)36(34(43)19-26)47-20-22-14-31(40)35(44)32(41)15-22/h6-19H,2-5,20H2,1H3. The first kappa shape index (κ1) is 34.4. The molecule has 48 heavy (non-hydrogen) atoms. The summed E-state index contributed by atoms with van der Waals surface area (Å²) in [5.74, 6) is -12.2. The molecule has 2 nitrogen and oxygen atoms in total. The second-order valence-electron chi connectivity index (χ2n) is 11.0. The maximum atomic E-state index is 15.1. The van der Waals surface area contributed by atoms with Crippen LogP contribution in [0.15, 0.2) is 84.9 Å². The molecule has 0 aliphatic heterocycles. The maximum Gasteiger partial charge on any atom is 0.429 e. The maximum absolute atomic E-state index is 15.1. The summed E-state index contributed by atoms with van der Waals surface area (Å²) in [6.07, 6.45) is -0.179. The van der Waals surface area contributed by atoms with Gasteiger partial charge in [-0.3, -0.25) is 0 Å². The number of alkyl halides is 2. The molecular weight excluding hydrogens is 647 g/mol. The van der Waals surface area contributed by atoms with Crippen LogP contribution in [0.4, 0.5) is 39.5 Å². The molecule has 250 valence electrons. The molecule has 0 amide bonds. The third-order valence-corrected chi connectivity index (χ3v) is 7.56. The molecule has 0 heterocycles. The van der Waals surface area contributed by atoms with E-state index in [0.29, 0.717) is 42.0 Å². The van der Waals surface area contributed by atoms with Crippen molar-refractivity contribution in [3.05, 3.63) is 142 Å². The van der Waals surface area contributed by atoms with E-state index < -0.39 is 70.5 Å². The smallest absolute Gasteiger partial charge is 0.429 e. The van der Waals surface area contributed by atoms with Gasteiger partial charge in [-0.05, 0) is 71.0 Å². The van der Waals surface area contributed by atoms with Crippen molar-refractivity contribution in [2.24, 2.45) is 0 Å². The van der Waals surface area contributed by atoms with E-state index in [4.69, 9.17) is 4.74 Å². The summed E-state index contributed by atoms with van der Waals surface area (Å²) in [4.78, 5) is 0. The summed E-state index contributed by atoms with van der Waals surface area (Å²) in [7, 11) is 0. The Bertz CT molecular complexity index is 1880. The van der Waals surface area contributed by atoms with Gasteiger partial charge < -0.3 is 9.47 Å². The van der Waals surface area contributed by atoms with Gasteiger partial charge in [0.15, 0.2) is 34.8 Å². The third-order valence-electron chi connectivity index (χ3n) is 7.56. The largest absolute Gasteiger partial charge is 0.483 e. The van der Waals surface area contributed by atoms with Gasteiger partial charge in [0.25, 0.3) is 0 Å². The van der Waals surface area contributed by atoms with Gasteiger partial charge in [-0.25, -0.2) is 30.7 Å². The zero-order chi connectivity index (χ0) is 34.6. The molecule has 0 saturated heterocycles. The number of ether oxygens (including phenoxy) is 2. The zero-order valence-corrected chi connectivity index (χ0v) is 25.3. The Labute approximate surface area is 270 Å². The van der Waals surface area contributed by atoms with Gasteiger partial charge in [-0.1, -0.05) is 62.2 Å². The summed E-state index contributed by atoms with van der Waals surface area (Å²) in [6, 6.07) is 16.2. The summed E-state index contributed by atoms with van der Waals surface area (Å²) in [6.45, 7) is 1.32. The van der Waals surface area contributed by atoms with Gasteiger partial charge in [0.1, 0.15) is 24.0 Å². The number of hydrogen-bond acceptors (Lipinski definition) is 2. The predicted molar refractivity (Wildman–Crippen MR) is 162 cm³/mol. The molecule has 0 atom stereocenters. The van der Waals surface area contributed by atoms with Crippen molar-refractivity contribution < 1.29 is 49.0 Å². The van der Waals surface area contributed by atoms with Crippen LogP contribution in [0.25, 0.3) is 22.3 Å². The van der Waals surface area contributed by atoms with Gasteiger partial charge in [-0.2, -0.15) is 8.78 Å². The highest BCUT2D eigenvalue weighted by Gasteiger charge is 2.38. The Balaban J connectivity index is 1.29. The first-order valence-corrected chi connectivity index (χ1v) is 14.9. The van der Waals surface area contributed by atoms with Gasteiger partial charge in [0.05, 0.1) is 5.56 Å². The van der Waals surface area contributed by atoms with E-state index in [1.807, 2.05) is 24.3 Å². The Morgan fingerprint density at radius 3 is 1.77 bits per heavy atom. The van der Waals surface area contributed by atoms with Crippen LogP contribution < -0.4 is 9.47 Å². The van der Waals surface area contributed by atoms with Crippen LogP contribution in [-0.4, -0.2) is 0 Å². The molecule has 0 spiro atoms. The van der Waals surface area contributed by atoms with Crippen LogP contribution >= 0.6 is 0 Å². The van der Waals surface area contributed by atoms with Crippen molar-refractivity contribution in [3.63, 3.8) is 0 Å². The average Bonchev–Trinajstić information content (AvgIpc) is 3.03. The molecule has 0 aromatic heterocycles. The van der Waals surface area contributed by atoms with Crippen molar-refractivity contribution >= 4 is 0 Å². The van der Waals surface area contributed by atoms with Crippen molar-refractivity contribution in [2.45, 2.75) is 45.3 Å². The number of benzene rings is 5. The van der Waals surface area contributed by atoms with E-state index >= 15 is 4.39 Å². The lowest BCUT2D eigenvalue weighted by atomic mass is 9.97. The molecule has 0 unspecified atom stereocenters. The van der Waals surface area contributed by atoms with Gasteiger partial charge in [0.2, 0.25) is 0 Å². The Kier molecular flexibility index (Phi) is 10.4. The van der Waals surface area contributed by atoms with Crippen LogP contribution in [-0.2, 0) is 19.1 Å². The number of hydrogen-bond donors (Lipinski definition) is 0. The average molecular weight is 675 g/mol. The second-order valence-corrected chi connectivity index (χ2v) is 11.0. The molecule has 0 aliphatic rings. The van der Waals surface area contributed by atoms with E-state index in [-0.39, 0.29) is 16.7 Å². The summed E-state index contributed by atoms with van der Waals surface area (Å²) in [5, 5.41) is 0. The number of aryl methyl sites for hydroxylation is 1. The minimum atomic E-state index is -4.43. The second kappa shape index (κ2) is 14.5. The molecule has 11 heteroatoms. The Hall–Kier alpha value is -4.93. The zero-order valence-electron chi connectivity index (χ0n) is 25.3. The van der Waals surface area contributed by atoms with E-state index in [0.717, 1.165) is 42.9 Å². The van der Waals surface area contributed by atoms with Crippen molar-refractivity contribution in [3.8, 4) is 33.8 Å². The van der Waals surface area contributed by atoms with Crippen LogP contribution in [0.5, 0.6) is 11.5 Å². The lowest BCUT2D eigenvalue weighted by Crippen LogP contribution is -2.23. The first-order chi connectivity index (χ1) is 22.9. The minimum Gasteiger partial charge on any atom is -0.483 e. The lowest BCUT2D eigenvalue weighted by Gasteiger charge is -2.20. The normalized spacial score (nSPS) is 11.5. The Morgan fingerprint density at radius 2 is 1.17 bits per heavy atom. The first-order valence-electron chi connectivity index (χ1n) is 14.9. The fraction of sp³-hybridized carbons (Fsp3) is 0.189. The molecule has 0 bridgehead atoms. The number of unbranched alkanes of at least 4 members (excludes halogenated alkanes) is 2. The summed E-state index contributed by atoms with van der Waals surface area (Å²) in [5.41, 5.74) is 0.820. The molecule has 0 aliphatic carbocycles. The number of halogens is 9. The highest BCUT2D eigenvalue weighted by Crippen LogP contribution is 2.38. The van der Waals surface area contributed by atoms with Crippen LogP contribution in [0.1, 0.15) is 42.9 Å². The molecule has 5 rings (SSSR count). The van der Waals surface area contributed by atoms with Crippen LogP contribution in [0.2, 0.25) is 0 Å². The quantitative estimate of drug-likeness (QED) is 0.0745. The summed E-state index contributed by atoms with van der Waals surface area (Å²) >= 11 is 0. The van der Waals surface area contributed by atoms with Crippen LogP contribution in [0, 0.1) is 40.7 Å².